The molecule has 6 unspecified atom stereocenters. The van der Waals surface area contributed by atoms with Crippen molar-refractivity contribution >= 4 is 5.78 Å². The molecule has 52 heavy (non-hydrogen) atoms. The summed E-state index contributed by atoms with van der Waals surface area (Å²) in [6, 6.07) is 0. The number of aliphatic hydroxyl groups excluding tert-OH is 2. The topological polar surface area (TPSA) is 141 Å². The summed E-state index contributed by atoms with van der Waals surface area (Å²) in [4.78, 5) is 14.0. The summed E-state index contributed by atoms with van der Waals surface area (Å²) in [7, 11) is 1.63. The van der Waals surface area contributed by atoms with Crippen LogP contribution >= 0.6 is 0 Å². The molecule has 10 fully saturated rings. The molecule has 0 radical (unpaired) electrons. The van der Waals surface area contributed by atoms with Gasteiger partial charge in [0.05, 0.1) is 73.8 Å². The van der Waals surface area contributed by atoms with Gasteiger partial charge in [0.2, 0.25) is 0 Å². The van der Waals surface area contributed by atoms with Crippen LogP contribution in [-0.2, 0) is 47.4 Å². The van der Waals surface area contributed by atoms with Crippen LogP contribution in [0.1, 0.15) is 90.4 Å². The van der Waals surface area contributed by atoms with E-state index in [1.54, 1.807) is 7.11 Å². The predicted molar refractivity (Wildman–Crippen MR) is 184 cm³/mol. The Kier molecular flexibility index (Phi) is 10.0. The van der Waals surface area contributed by atoms with Crippen molar-refractivity contribution in [3.8, 4) is 0 Å². The Balaban J connectivity index is 0.994. The van der Waals surface area contributed by atoms with Gasteiger partial charge in [0.25, 0.3) is 0 Å². The molecule has 0 saturated carbocycles. The van der Waals surface area contributed by atoms with Gasteiger partial charge in [-0.1, -0.05) is 20.1 Å². The Morgan fingerprint density at radius 3 is 2.37 bits per heavy atom. The van der Waals surface area contributed by atoms with Crippen LogP contribution in [0.15, 0.2) is 24.3 Å². The largest absolute Gasteiger partial charge is 0.394 e. The first kappa shape index (κ1) is 36.4. The fourth-order valence-electron chi connectivity index (χ4n) is 11.3. The van der Waals surface area contributed by atoms with Crippen molar-refractivity contribution in [3.63, 3.8) is 0 Å². The molecule has 2 N–H and O–H groups in total. The van der Waals surface area contributed by atoms with E-state index in [0.29, 0.717) is 25.7 Å². The first-order valence-corrected chi connectivity index (χ1v) is 20.1. The molecular formula is C40H58O12. The van der Waals surface area contributed by atoms with Crippen molar-refractivity contribution in [1.82, 2.24) is 0 Å². The van der Waals surface area contributed by atoms with Gasteiger partial charge >= 0.3 is 0 Å². The van der Waals surface area contributed by atoms with Crippen molar-refractivity contribution < 1.29 is 57.6 Å². The van der Waals surface area contributed by atoms with E-state index in [1.165, 1.54) is 0 Å². The lowest BCUT2D eigenvalue weighted by molar-refractivity contribution is -0.292. The van der Waals surface area contributed by atoms with Crippen molar-refractivity contribution in [1.29, 1.82) is 0 Å². The summed E-state index contributed by atoms with van der Waals surface area (Å²) in [6.07, 6.45) is 4.01. The lowest BCUT2D eigenvalue weighted by Crippen LogP contribution is -2.61. The normalized spacial score (nSPS) is 52.4. The van der Waals surface area contributed by atoms with E-state index < -0.39 is 24.1 Å². The highest BCUT2D eigenvalue weighted by atomic mass is 16.8. The summed E-state index contributed by atoms with van der Waals surface area (Å²) in [5.41, 5.74) is 2.17. The molecule has 0 aromatic heterocycles. The minimum atomic E-state index is -0.951. The number of Topliss-reactive ketones (excluding diaryl/α,β-unsaturated/α-hetero) is 1. The van der Waals surface area contributed by atoms with Gasteiger partial charge in [0, 0.05) is 51.6 Å². The number of aliphatic hydroxyl groups is 2. The maximum absolute atomic E-state index is 14.0. The molecule has 12 bridgehead atoms. The smallest absolute Gasteiger partial charge is 0.172 e. The molecule has 0 amide bonds. The maximum atomic E-state index is 14.0. The highest BCUT2D eigenvalue weighted by Crippen LogP contribution is 2.54. The second-order valence-electron chi connectivity index (χ2n) is 17.4. The number of fused-ring (bicyclic) bond motifs is 6. The quantitative estimate of drug-likeness (QED) is 0.410. The molecule has 0 aromatic rings. The average Bonchev–Trinajstić information content (AvgIpc) is 3.79. The fraction of sp³-hybridized carbons (Fsp3) is 0.875. The number of hydrogen-bond acceptors (Lipinski definition) is 12. The van der Waals surface area contributed by atoms with Gasteiger partial charge < -0.3 is 52.8 Å². The van der Waals surface area contributed by atoms with Crippen LogP contribution in [0.4, 0.5) is 0 Å². The van der Waals surface area contributed by atoms with Crippen molar-refractivity contribution in [2.45, 2.75) is 194 Å². The SMILES string of the molecule is C=C1C[C@@H]2CC[C@@]34C[C@@H]5O[C@H]6[C@@H](O3)C3O[C@H](CCC3O[C@H]6C5O4)CC(=O)CC3[C@H](CC4O[C@@H](CCC1O2)C[C@@H](C)C4=C)O[C@H](C[C@H](O)CO)[C@@H]3OC. The number of ketones is 1. The monoisotopic (exact) mass is 730 g/mol. The second kappa shape index (κ2) is 14.3. The van der Waals surface area contributed by atoms with E-state index in [0.717, 1.165) is 49.7 Å². The van der Waals surface area contributed by atoms with Gasteiger partial charge in [-0.05, 0) is 62.0 Å². The van der Waals surface area contributed by atoms with Gasteiger partial charge in [-0.2, -0.15) is 0 Å². The highest BCUT2D eigenvalue weighted by Gasteiger charge is 2.68. The third kappa shape index (κ3) is 6.59. The lowest BCUT2D eigenvalue weighted by Gasteiger charge is -2.47. The summed E-state index contributed by atoms with van der Waals surface area (Å²) < 4.78 is 59.8. The lowest BCUT2D eigenvalue weighted by atomic mass is 9.81. The number of hydrogen-bond donors (Lipinski definition) is 2. The third-order valence-electron chi connectivity index (χ3n) is 13.9. The van der Waals surface area contributed by atoms with Crippen LogP contribution < -0.4 is 0 Å². The predicted octanol–water partition coefficient (Wildman–Crippen LogP) is 3.47. The Labute approximate surface area is 306 Å². The van der Waals surface area contributed by atoms with Crippen LogP contribution in [0.5, 0.6) is 0 Å². The maximum Gasteiger partial charge on any atom is 0.172 e. The Morgan fingerprint density at radius 1 is 0.788 bits per heavy atom. The molecular weight excluding hydrogens is 672 g/mol. The molecule has 10 aliphatic rings. The molecule has 19 atom stereocenters. The van der Waals surface area contributed by atoms with Gasteiger partial charge in [-0.3, -0.25) is 4.79 Å². The van der Waals surface area contributed by atoms with Crippen LogP contribution in [-0.4, -0.2) is 133 Å². The molecule has 12 heteroatoms. The Bertz CT molecular complexity index is 1370. The van der Waals surface area contributed by atoms with E-state index in [2.05, 4.69) is 20.1 Å². The van der Waals surface area contributed by atoms with E-state index in [-0.39, 0.29) is 123 Å². The van der Waals surface area contributed by atoms with Gasteiger partial charge in [0.15, 0.2) is 5.79 Å². The zero-order valence-electron chi connectivity index (χ0n) is 30.7. The van der Waals surface area contributed by atoms with Crippen LogP contribution in [0, 0.1) is 11.8 Å². The number of rotatable bonds is 4. The van der Waals surface area contributed by atoms with Crippen molar-refractivity contribution in [3.05, 3.63) is 24.3 Å². The molecule has 0 aromatic carbocycles. The third-order valence-corrected chi connectivity index (χ3v) is 13.9. The van der Waals surface area contributed by atoms with Crippen molar-refractivity contribution in [2.75, 3.05) is 13.7 Å². The Hall–Kier alpha value is -1.29. The summed E-state index contributed by atoms with van der Waals surface area (Å²) >= 11 is 0. The van der Waals surface area contributed by atoms with Crippen molar-refractivity contribution in [2.24, 2.45) is 11.8 Å². The molecule has 0 aliphatic carbocycles. The standard InChI is InChI=1S/C40H58O12/c1-19-11-24-5-7-28-20(2)12-26(45-28)9-10-40-17-33-36(51-40)37-38(50-33)39(52-40)35-29(49-37)8-6-25(47-35)13-22(42)14-27-31(16-30(46-24)21(19)3)48-32(34(27)44-4)15-23(43)18-41/h19,23-39,41,43H,2-3,5-18H2,1,4H3/t19-,23+,24+,25-,26+,27?,28?,29?,30?,31+,32-,33+,34-,35?,36?,37+,38-,39+,40+/m1/s1. The first-order chi connectivity index (χ1) is 25.1. The summed E-state index contributed by atoms with van der Waals surface area (Å²) in [5, 5.41) is 20.1. The molecule has 10 rings (SSSR count). The molecule has 10 saturated heterocycles. The minimum Gasteiger partial charge on any atom is -0.394 e. The number of ether oxygens (including phenoxy) is 9. The molecule has 10 aliphatic heterocycles. The average molecular weight is 731 g/mol. The summed E-state index contributed by atoms with van der Waals surface area (Å²) in [6.45, 7) is 10.7. The molecule has 290 valence electrons. The number of carbonyl (C=O) groups excluding carboxylic acids is 1. The van der Waals surface area contributed by atoms with Gasteiger partial charge in [0.1, 0.15) is 36.3 Å². The second-order valence-corrected chi connectivity index (χ2v) is 17.4. The Morgan fingerprint density at radius 2 is 1.54 bits per heavy atom. The van der Waals surface area contributed by atoms with Crippen LogP contribution in [0.2, 0.25) is 0 Å². The van der Waals surface area contributed by atoms with E-state index in [9.17, 15) is 15.0 Å². The van der Waals surface area contributed by atoms with E-state index in [1.807, 2.05) is 0 Å². The van der Waals surface area contributed by atoms with Crippen LogP contribution in [0.3, 0.4) is 0 Å². The fourth-order valence-corrected chi connectivity index (χ4v) is 11.3. The number of carbonyl (C=O) groups is 1. The first-order valence-electron chi connectivity index (χ1n) is 20.1. The van der Waals surface area contributed by atoms with Gasteiger partial charge in [-0.25, -0.2) is 0 Å². The molecule has 1 spiro atoms. The summed E-state index contributed by atoms with van der Waals surface area (Å²) in [5.74, 6) is -0.709. The molecule has 12 nitrogen and oxygen atoms in total. The van der Waals surface area contributed by atoms with Gasteiger partial charge in [-0.15, -0.1) is 0 Å². The zero-order chi connectivity index (χ0) is 35.9. The van der Waals surface area contributed by atoms with E-state index in [4.69, 9.17) is 42.6 Å². The zero-order valence-corrected chi connectivity index (χ0v) is 30.7. The highest BCUT2D eigenvalue weighted by molar-refractivity contribution is 5.79. The number of methoxy groups -OCH3 is 1. The van der Waals surface area contributed by atoms with Crippen LogP contribution in [0.25, 0.3) is 0 Å². The molecule has 10 heterocycles. The van der Waals surface area contributed by atoms with E-state index >= 15 is 0 Å². The minimum absolute atomic E-state index is 0.0260.